The molecule has 196 valence electrons. The van der Waals surface area contributed by atoms with Crippen molar-refractivity contribution in [3.05, 3.63) is 48.5 Å². The van der Waals surface area contributed by atoms with E-state index in [0.717, 1.165) is 24.3 Å². The summed E-state index contributed by atoms with van der Waals surface area (Å²) in [6.45, 7) is 5.15. The van der Waals surface area contributed by atoms with Gasteiger partial charge in [0.1, 0.15) is 11.5 Å². The van der Waals surface area contributed by atoms with Gasteiger partial charge in [-0.3, -0.25) is 9.44 Å². The maximum absolute atomic E-state index is 12.5. The van der Waals surface area contributed by atoms with E-state index in [2.05, 4.69) is 0 Å². The first-order valence-corrected chi connectivity index (χ1v) is 12.4. The van der Waals surface area contributed by atoms with Crippen molar-refractivity contribution in [2.24, 2.45) is 5.41 Å². The number of ether oxygens (including phenoxy) is 2. The van der Waals surface area contributed by atoms with Crippen LogP contribution >= 0.6 is 0 Å². The van der Waals surface area contributed by atoms with Gasteiger partial charge in [-0.25, -0.2) is 0 Å². The van der Waals surface area contributed by atoms with E-state index in [-0.39, 0.29) is 22.9 Å². The highest BCUT2D eigenvalue weighted by atomic mass is 32.2. The smallest absolute Gasteiger partial charge is 0.454 e. The lowest BCUT2D eigenvalue weighted by atomic mass is 9.96. The van der Waals surface area contributed by atoms with E-state index in [1.807, 2.05) is 0 Å². The Kier molecular flexibility index (Phi) is 7.81. The predicted octanol–water partition coefficient (Wildman–Crippen LogP) is 5.04. The third-order valence-corrected chi connectivity index (χ3v) is 6.24. The lowest BCUT2D eigenvalue weighted by molar-refractivity contribution is -0.0727. The molecule has 2 aromatic carbocycles. The summed E-state index contributed by atoms with van der Waals surface area (Å²) in [5.74, 6) is 0.212. The molecule has 2 N–H and O–H groups in total. The molecule has 35 heavy (non-hydrogen) atoms. The van der Waals surface area contributed by atoms with Crippen molar-refractivity contribution in [2.45, 2.75) is 38.1 Å². The first-order chi connectivity index (χ1) is 15.7. The molecule has 0 radical (unpaired) electrons. The molecule has 8 nitrogen and oxygen atoms in total. The summed E-state index contributed by atoms with van der Waals surface area (Å²) in [6, 6.07) is 8.97. The van der Waals surface area contributed by atoms with E-state index in [1.54, 1.807) is 20.8 Å². The molecule has 0 aromatic heterocycles. The third kappa shape index (κ3) is 7.55. The summed E-state index contributed by atoms with van der Waals surface area (Å²) < 4.78 is 134. The average molecular weight is 550 g/mol. The average Bonchev–Trinajstić information content (AvgIpc) is 2.67. The summed E-state index contributed by atoms with van der Waals surface area (Å²) in [6.07, 6.45) is -1.03. The number of nitrogens with one attached hydrogen (secondary N) is 2. The molecule has 0 amide bonds. The van der Waals surface area contributed by atoms with Crippen LogP contribution in [0.4, 0.5) is 37.7 Å². The normalized spacial score (nSPS) is 13.4. The molecule has 0 saturated heterocycles. The highest BCUT2D eigenvalue weighted by Gasteiger charge is 2.46. The molecule has 16 heteroatoms. The van der Waals surface area contributed by atoms with Gasteiger partial charge in [0.15, 0.2) is 0 Å². The second-order valence-electron chi connectivity index (χ2n) is 8.08. The number of hydrogen-bond acceptors (Lipinski definition) is 6. The summed E-state index contributed by atoms with van der Waals surface area (Å²) in [5.41, 5.74) is -12.4. The van der Waals surface area contributed by atoms with E-state index in [4.69, 9.17) is 9.47 Å². The van der Waals surface area contributed by atoms with E-state index < -0.39 is 42.8 Å². The van der Waals surface area contributed by atoms with Crippen LogP contribution in [0.5, 0.6) is 11.5 Å². The van der Waals surface area contributed by atoms with Crippen LogP contribution in [0.2, 0.25) is 0 Å². The molecule has 0 aliphatic rings. The summed E-state index contributed by atoms with van der Waals surface area (Å²) >= 11 is 0. The minimum absolute atomic E-state index is 0.106. The lowest BCUT2D eigenvalue weighted by Crippen LogP contribution is -2.37. The molecule has 0 unspecified atom stereocenters. The number of alkyl halides is 6. The maximum Gasteiger partial charge on any atom is 0.516 e. The fourth-order valence-corrected chi connectivity index (χ4v) is 3.38. The monoisotopic (exact) mass is 550 g/mol. The highest BCUT2D eigenvalue weighted by molar-refractivity contribution is 7.93. The Morgan fingerprint density at radius 3 is 1.14 bits per heavy atom. The summed E-state index contributed by atoms with van der Waals surface area (Å²) in [4.78, 5) is 0. The van der Waals surface area contributed by atoms with Gasteiger partial charge < -0.3 is 9.47 Å². The number of anilines is 2. The van der Waals surface area contributed by atoms with Crippen LogP contribution in [-0.4, -0.2) is 34.1 Å². The number of rotatable bonds is 8. The van der Waals surface area contributed by atoms with Gasteiger partial charge in [-0.2, -0.15) is 43.2 Å². The Morgan fingerprint density at radius 1 is 0.629 bits per heavy atom. The molecule has 0 saturated carbocycles. The van der Waals surface area contributed by atoms with Crippen LogP contribution in [0.1, 0.15) is 20.8 Å². The fraction of sp³-hybridized carbons (Fsp3) is 0.368. The van der Waals surface area contributed by atoms with Crippen LogP contribution in [0.3, 0.4) is 0 Å². The SMILES string of the molecule is CC(C)(C)C(Oc1ccc(NS(=O)(=O)C(F)(F)F)cc1)Oc1ccc(NS(=O)(=O)C(F)(F)F)cc1. The predicted molar refractivity (Wildman–Crippen MR) is 115 cm³/mol. The highest BCUT2D eigenvalue weighted by Crippen LogP contribution is 2.31. The quantitative estimate of drug-likeness (QED) is 0.352. The van der Waals surface area contributed by atoms with Gasteiger partial charge in [-0.15, -0.1) is 0 Å². The van der Waals surface area contributed by atoms with Gasteiger partial charge in [0.05, 0.1) is 0 Å². The van der Waals surface area contributed by atoms with Gasteiger partial charge >= 0.3 is 31.1 Å². The van der Waals surface area contributed by atoms with Crippen LogP contribution < -0.4 is 18.9 Å². The molecule has 0 aliphatic heterocycles. The molecule has 0 fully saturated rings. The number of halogens is 6. The minimum atomic E-state index is -5.59. The fourth-order valence-electron chi connectivity index (χ4n) is 2.25. The lowest BCUT2D eigenvalue weighted by Gasteiger charge is -2.31. The van der Waals surface area contributed by atoms with Crippen molar-refractivity contribution in [1.29, 1.82) is 0 Å². The zero-order valence-electron chi connectivity index (χ0n) is 18.2. The topological polar surface area (TPSA) is 111 Å². The van der Waals surface area contributed by atoms with E-state index in [0.29, 0.717) is 0 Å². The molecule has 0 bridgehead atoms. The van der Waals surface area contributed by atoms with Gasteiger partial charge in [-0.1, -0.05) is 20.8 Å². The van der Waals surface area contributed by atoms with E-state index >= 15 is 0 Å². The first-order valence-electron chi connectivity index (χ1n) is 9.43. The van der Waals surface area contributed by atoms with Crippen molar-refractivity contribution in [2.75, 3.05) is 9.44 Å². The van der Waals surface area contributed by atoms with Crippen molar-refractivity contribution in [1.82, 2.24) is 0 Å². The van der Waals surface area contributed by atoms with Gasteiger partial charge in [0.2, 0.25) is 6.29 Å². The second kappa shape index (κ2) is 9.64. The zero-order chi connectivity index (χ0) is 26.9. The molecule has 0 atom stereocenters. The van der Waals surface area contributed by atoms with Gasteiger partial charge in [-0.05, 0) is 48.5 Å². The molecule has 0 heterocycles. The van der Waals surface area contributed by atoms with Crippen LogP contribution in [-0.2, 0) is 20.0 Å². The molecular formula is C19H20F6N2O6S2. The zero-order valence-corrected chi connectivity index (χ0v) is 19.9. The number of hydrogen-bond donors (Lipinski definition) is 2. The largest absolute Gasteiger partial charge is 0.516 e. The minimum Gasteiger partial charge on any atom is -0.454 e. The van der Waals surface area contributed by atoms with E-state index in [9.17, 15) is 43.2 Å². The van der Waals surface area contributed by atoms with E-state index in [1.165, 1.54) is 33.7 Å². The van der Waals surface area contributed by atoms with Gasteiger partial charge in [0, 0.05) is 16.8 Å². The van der Waals surface area contributed by atoms with Crippen LogP contribution in [0, 0.1) is 5.41 Å². The summed E-state index contributed by atoms with van der Waals surface area (Å²) in [7, 11) is -11.2. The maximum atomic E-state index is 12.5. The standard InChI is InChI=1S/C19H20F6N2O6S2/c1-17(2,3)16(32-14-8-4-12(5-9-14)26-34(28,29)18(20,21)22)33-15-10-6-13(7-11-15)27-35(30,31)19(23,24)25/h4-11,16,26-27H,1-3H3. The Bertz CT molecular complexity index is 1130. The molecule has 2 aromatic rings. The van der Waals surface area contributed by atoms with Crippen molar-refractivity contribution in [3.8, 4) is 11.5 Å². The number of sulfonamides is 2. The Labute approximate surface area is 197 Å². The van der Waals surface area contributed by atoms with Gasteiger partial charge in [0.25, 0.3) is 0 Å². The van der Waals surface area contributed by atoms with Crippen molar-refractivity contribution >= 4 is 31.4 Å². The molecule has 0 aliphatic carbocycles. The molecule has 2 rings (SSSR count). The van der Waals surface area contributed by atoms with Crippen molar-refractivity contribution in [3.63, 3.8) is 0 Å². The van der Waals surface area contributed by atoms with Crippen LogP contribution in [0.25, 0.3) is 0 Å². The summed E-state index contributed by atoms with van der Waals surface area (Å²) in [5, 5.41) is 0. The number of benzene rings is 2. The van der Waals surface area contributed by atoms with Crippen molar-refractivity contribution < 1.29 is 52.7 Å². The van der Waals surface area contributed by atoms with Crippen LogP contribution in [0.15, 0.2) is 48.5 Å². The Morgan fingerprint density at radius 2 is 0.914 bits per heavy atom. The first kappa shape index (κ1) is 28.4. The molecular weight excluding hydrogens is 530 g/mol. The second-order valence-corrected chi connectivity index (χ2v) is 11.4. The third-order valence-electron chi connectivity index (χ3n) is 4.02. The molecule has 0 spiro atoms. The Balaban J connectivity index is 2.14. The Hall–Kier alpha value is -2.88.